The second kappa shape index (κ2) is 6.03. The molecule has 1 nitrogen and oxygen atoms in total. The third-order valence-corrected chi connectivity index (χ3v) is 5.97. The minimum atomic E-state index is 0.539. The molecule has 23 heavy (non-hydrogen) atoms. The molecule has 1 saturated heterocycles. The van der Waals surface area contributed by atoms with Crippen molar-refractivity contribution in [1.82, 2.24) is 0 Å². The Bertz CT molecular complexity index is 637. The number of aryl methyl sites for hydroxylation is 1. The Balaban J connectivity index is 1.69. The molecular formula is C22H27N. The average Bonchev–Trinajstić information content (AvgIpc) is 2.96. The van der Waals surface area contributed by atoms with Crippen molar-refractivity contribution in [3.8, 4) is 0 Å². The SMILES string of the molecule is Cc1ccc(N2CC3(CCCCC3)CC2c2ccccc2)cc1. The quantitative estimate of drug-likeness (QED) is 0.668. The summed E-state index contributed by atoms with van der Waals surface area (Å²) in [6, 6.07) is 20.8. The first-order chi connectivity index (χ1) is 11.3. The predicted octanol–water partition coefficient (Wildman–Crippen LogP) is 5.90. The Morgan fingerprint density at radius 2 is 1.57 bits per heavy atom. The first-order valence-electron chi connectivity index (χ1n) is 9.14. The lowest BCUT2D eigenvalue weighted by Crippen LogP contribution is -2.29. The lowest BCUT2D eigenvalue weighted by atomic mass is 9.72. The van der Waals surface area contributed by atoms with Crippen LogP contribution in [-0.4, -0.2) is 6.54 Å². The summed E-state index contributed by atoms with van der Waals surface area (Å²) in [6.07, 6.45) is 8.43. The fourth-order valence-corrected chi connectivity index (χ4v) is 4.70. The Kier molecular flexibility index (Phi) is 3.88. The van der Waals surface area contributed by atoms with Crippen LogP contribution in [0.4, 0.5) is 5.69 Å². The van der Waals surface area contributed by atoms with Gasteiger partial charge in [-0.2, -0.15) is 0 Å². The maximum Gasteiger partial charge on any atom is 0.0548 e. The maximum absolute atomic E-state index is 2.68. The highest BCUT2D eigenvalue weighted by atomic mass is 15.2. The van der Waals surface area contributed by atoms with Gasteiger partial charge in [0, 0.05) is 12.2 Å². The molecule has 0 bridgehead atoms. The third-order valence-electron chi connectivity index (χ3n) is 5.97. The van der Waals surface area contributed by atoms with Crippen molar-refractivity contribution in [2.45, 2.75) is 51.5 Å². The molecule has 1 aliphatic heterocycles. The van der Waals surface area contributed by atoms with E-state index in [0.717, 1.165) is 0 Å². The molecule has 2 aromatic rings. The second-order valence-corrected chi connectivity index (χ2v) is 7.65. The zero-order valence-corrected chi connectivity index (χ0v) is 14.2. The number of rotatable bonds is 2. The van der Waals surface area contributed by atoms with Crippen molar-refractivity contribution in [2.75, 3.05) is 11.4 Å². The molecule has 120 valence electrons. The van der Waals surface area contributed by atoms with E-state index in [4.69, 9.17) is 0 Å². The van der Waals surface area contributed by atoms with E-state index in [2.05, 4.69) is 66.4 Å². The fourth-order valence-electron chi connectivity index (χ4n) is 4.70. The van der Waals surface area contributed by atoms with Gasteiger partial charge in [0.05, 0.1) is 6.04 Å². The molecule has 1 unspecified atom stereocenters. The first kappa shape index (κ1) is 14.8. The van der Waals surface area contributed by atoms with E-state index in [1.807, 2.05) is 0 Å². The molecule has 0 amide bonds. The molecule has 1 saturated carbocycles. The highest BCUT2D eigenvalue weighted by Gasteiger charge is 2.44. The molecule has 1 heterocycles. The van der Waals surface area contributed by atoms with E-state index in [-0.39, 0.29) is 0 Å². The van der Waals surface area contributed by atoms with Crippen LogP contribution < -0.4 is 4.90 Å². The zero-order valence-electron chi connectivity index (χ0n) is 14.2. The van der Waals surface area contributed by atoms with E-state index in [1.54, 1.807) is 0 Å². The van der Waals surface area contributed by atoms with Gasteiger partial charge in [-0.15, -0.1) is 0 Å². The van der Waals surface area contributed by atoms with Crippen LogP contribution in [0, 0.1) is 12.3 Å². The summed E-state index contributed by atoms with van der Waals surface area (Å²) >= 11 is 0. The highest BCUT2D eigenvalue weighted by molar-refractivity contribution is 5.52. The highest BCUT2D eigenvalue weighted by Crippen LogP contribution is 2.52. The molecule has 2 aliphatic rings. The second-order valence-electron chi connectivity index (χ2n) is 7.65. The van der Waals surface area contributed by atoms with Gasteiger partial charge in [-0.1, -0.05) is 67.3 Å². The molecule has 0 radical (unpaired) electrons. The van der Waals surface area contributed by atoms with Gasteiger partial charge in [-0.25, -0.2) is 0 Å². The van der Waals surface area contributed by atoms with Crippen molar-refractivity contribution in [1.29, 1.82) is 0 Å². The standard InChI is InChI=1S/C22H27N/c1-18-10-12-20(13-11-18)23-17-22(14-6-3-7-15-22)16-21(23)19-8-4-2-5-9-19/h2,4-5,8-13,21H,3,6-7,14-17H2,1H3. The van der Waals surface area contributed by atoms with Crippen LogP contribution in [0.5, 0.6) is 0 Å². The van der Waals surface area contributed by atoms with Crippen LogP contribution in [0.25, 0.3) is 0 Å². The summed E-state index contributed by atoms with van der Waals surface area (Å²) < 4.78 is 0. The van der Waals surface area contributed by atoms with Crippen molar-refractivity contribution >= 4 is 5.69 Å². The van der Waals surface area contributed by atoms with Crippen LogP contribution in [0.3, 0.4) is 0 Å². The minimum absolute atomic E-state index is 0.539. The summed E-state index contributed by atoms with van der Waals surface area (Å²) in [5.41, 5.74) is 4.77. The summed E-state index contributed by atoms with van der Waals surface area (Å²) in [4.78, 5) is 2.68. The largest absolute Gasteiger partial charge is 0.364 e. The average molecular weight is 305 g/mol. The minimum Gasteiger partial charge on any atom is -0.364 e. The normalized spacial score (nSPS) is 23.3. The Morgan fingerprint density at radius 3 is 2.26 bits per heavy atom. The number of benzene rings is 2. The first-order valence-corrected chi connectivity index (χ1v) is 9.14. The van der Waals surface area contributed by atoms with Gasteiger partial charge in [-0.3, -0.25) is 0 Å². The van der Waals surface area contributed by atoms with Crippen LogP contribution in [0.15, 0.2) is 54.6 Å². The Morgan fingerprint density at radius 1 is 0.870 bits per heavy atom. The van der Waals surface area contributed by atoms with Crippen molar-refractivity contribution in [3.63, 3.8) is 0 Å². The smallest absolute Gasteiger partial charge is 0.0548 e. The van der Waals surface area contributed by atoms with Gasteiger partial charge in [0.1, 0.15) is 0 Å². The molecule has 4 rings (SSSR count). The molecule has 0 aromatic heterocycles. The lowest BCUT2D eigenvalue weighted by Gasteiger charge is -2.33. The van der Waals surface area contributed by atoms with E-state index in [0.29, 0.717) is 11.5 Å². The molecule has 2 fully saturated rings. The lowest BCUT2D eigenvalue weighted by molar-refractivity contribution is 0.213. The molecular weight excluding hydrogens is 278 g/mol. The topological polar surface area (TPSA) is 3.24 Å². The molecule has 2 aromatic carbocycles. The van der Waals surface area contributed by atoms with Crippen LogP contribution in [-0.2, 0) is 0 Å². The zero-order chi connectivity index (χ0) is 15.7. The third kappa shape index (κ3) is 2.89. The predicted molar refractivity (Wildman–Crippen MR) is 97.8 cm³/mol. The van der Waals surface area contributed by atoms with Crippen molar-refractivity contribution < 1.29 is 0 Å². The monoisotopic (exact) mass is 305 g/mol. The molecule has 1 atom stereocenters. The number of hydrogen-bond acceptors (Lipinski definition) is 1. The molecule has 1 spiro atoms. The van der Waals surface area contributed by atoms with Gasteiger partial charge in [-0.05, 0) is 49.3 Å². The Hall–Kier alpha value is -1.76. The fraction of sp³-hybridized carbons (Fsp3) is 0.455. The van der Waals surface area contributed by atoms with Crippen LogP contribution >= 0.6 is 0 Å². The summed E-state index contributed by atoms with van der Waals surface area (Å²) in [7, 11) is 0. The maximum atomic E-state index is 2.68. The van der Waals surface area contributed by atoms with E-state index in [1.165, 1.54) is 61.9 Å². The Labute approximate surface area is 140 Å². The van der Waals surface area contributed by atoms with Gasteiger partial charge in [0.15, 0.2) is 0 Å². The van der Waals surface area contributed by atoms with Crippen molar-refractivity contribution in [3.05, 3.63) is 65.7 Å². The summed E-state index contributed by atoms with van der Waals surface area (Å²) in [5.74, 6) is 0. The van der Waals surface area contributed by atoms with Gasteiger partial charge < -0.3 is 4.90 Å². The molecule has 0 N–H and O–H groups in total. The number of anilines is 1. The van der Waals surface area contributed by atoms with Gasteiger partial charge in [0.2, 0.25) is 0 Å². The molecule has 1 aliphatic carbocycles. The van der Waals surface area contributed by atoms with Crippen LogP contribution in [0.1, 0.15) is 55.7 Å². The number of nitrogens with zero attached hydrogens (tertiary/aromatic N) is 1. The summed E-state index contributed by atoms with van der Waals surface area (Å²) in [5, 5.41) is 0. The van der Waals surface area contributed by atoms with E-state index >= 15 is 0 Å². The summed E-state index contributed by atoms with van der Waals surface area (Å²) in [6.45, 7) is 3.40. The van der Waals surface area contributed by atoms with Crippen molar-refractivity contribution in [2.24, 2.45) is 5.41 Å². The molecule has 1 heteroatoms. The number of hydrogen-bond donors (Lipinski definition) is 0. The van der Waals surface area contributed by atoms with Crippen LogP contribution in [0.2, 0.25) is 0 Å². The van der Waals surface area contributed by atoms with E-state index in [9.17, 15) is 0 Å². The van der Waals surface area contributed by atoms with Gasteiger partial charge in [0.25, 0.3) is 0 Å². The van der Waals surface area contributed by atoms with Gasteiger partial charge >= 0.3 is 0 Å². The van der Waals surface area contributed by atoms with E-state index < -0.39 is 0 Å².